The van der Waals surface area contributed by atoms with E-state index in [2.05, 4.69) is 30.1 Å². The largest absolute Gasteiger partial charge is 0.494 e. The Bertz CT molecular complexity index is 335. The van der Waals surface area contributed by atoms with E-state index in [1.165, 1.54) is 5.56 Å². The minimum atomic E-state index is 0.398. The van der Waals surface area contributed by atoms with Gasteiger partial charge in [-0.1, -0.05) is 18.2 Å². The van der Waals surface area contributed by atoms with E-state index in [0.29, 0.717) is 12.6 Å². The molecule has 1 rings (SSSR count). The van der Waals surface area contributed by atoms with Crippen LogP contribution in [0.2, 0.25) is 0 Å². The zero-order valence-electron chi connectivity index (χ0n) is 10.9. The average Bonchev–Trinajstić information content (AvgIpc) is 2.35. The Morgan fingerprint density at radius 3 is 2.94 bits per heavy atom. The molecule has 0 fully saturated rings. The van der Waals surface area contributed by atoms with Crippen molar-refractivity contribution in [3.8, 4) is 5.75 Å². The normalized spacial score (nSPS) is 12.1. The van der Waals surface area contributed by atoms with Crippen LogP contribution in [-0.2, 0) is 0 Å². The van der Waals surface area contributed by atoms with Crippen LogP contribution in [0.25, 0.3) is 0 Å². The quantitative estimate of drug-likeness (QED) is 0.546. The smallest absolute Gasteiger partial charge is 0.119 e. The fourth-order valence-corrected chi connectivity index (χ4v) is 1.93. The van der Waals surface area contributed by atoms with Crippen molar-refractivity contribution in [3.63, 3.8) is 0 Å². The summed E-state index contributed by atoms with van der Waals surface area (Å²) in [5, 5.41) is 3.36. The Kier molecular flexibility index (Phi) is 6.41. The first-order valence-corrected chi connectivity index (χ1v) is 6.32. The van der Waals surface area contributed by atoms with Crippen molar-refractivity contribution < 1.29 is 4.74 Å². The highest BCUT2D eigenvalue weighted by molar-refractivity contribution is 5.30. The van der Waals surface area contributed by atoms with E-state index in [0.717, 1.165) is 25.0 Å². The maximum absolute atomic E-state index is 5.52. The van der Waals surface area contributed by atoms with Crippen molar-refractivity contribution in [1.29, 1.82) is 0 Å². The van der Waals surface area contributed by atoms with Gasteiger partial charge >= 0.3 is 0 Å². The van der Waals surface area contributed by atoms with E-state index in [1.807, 2.05) is 26.1 Å². The van der Waals surface area contributed by atoms with E-state index in [1.54, 1.807) is 0 Å². The molecule has 94 valence electrons. The van der Waals surface area contributed by atoms with E-state index in [-0.39, 0.29) is 0 Å². The highest BCUT2D eigenvalue weighted by Gasteiger charge is 2.09. The van der Waals surface area contributed by atoms with Crippen molar-refractivity contribution in [2.45, 2.75) is 32.2 Å². The predicted octanol–water partition coefficient (Wildman–Crippen LogP) is 3.70. The predicted molar refractivity (Wildman–Crippen MR) is 73.5 cm³/mol. The van der Waals surface area contributed by atoms with Gasteiger partial charge in [0.2, 0.25) is 0 Å². The molecule has 2 heteroatoms. The second-order valence-corrected chi connectivity index (χ2v) is 4.07. The van der Waals surface area contributed by atoms with Gasteiger partial charge in [-0.3, -0.25) is 0 Å². The number of nitrogens with one attached hydrogen (secondary N) is 1. The maximum atomic E-state index is 5.52. The van der Waals surface area contributed by atoms with Crippen molar-refractivity contribution >= 4 is 0 Å². The topological polar surface area (TPSA) is 21.3 Å². The number of allylic oxidation sites excluding steroid dienone is 1. The molecule has 1 atom stereocenters. The average molecular weight is 233 g/mol. The number of benzene rings is 1. The third-order valence-corrected chi connectivity index (χ3v) is 2.82. The summed E-state index contributed by atoms with van der Waals surface area (Å²) in [7, 11) is 2.01. The number of rotatable bonds is 8. The van der Waals surface area contributed by atoms with Crippen molar-refractivity contribution in [3.05, 3.63) is 42.5 Å². The van der Waals surface area contributed by atoms with Crippen LogP contribution in [0.5, 0.6) is 5.75 Å². The van der Waals surface area contributed by atoms with Crippen LogP contribution in [0.4, 0.5) is 0 Å². The summed E-state index contributed by atoms with van der Waals surface area (Å²) >= 11 is 0. The summed E-state index contributed by atoms with van der Waals surface area (Å²) in [4.78, 5) is 0. The van der Waals surface area contributed by atoms with Crippen LogP contribution in [0, 0.1) is 0 Å². The third-order valence-electron chi connectivity index (χ3n) is 2.82. The van der Waals surface area contributed by atoms with Crippen LogP contribution in [0.3, 0.4) is 0 Å². The van der Waals surface area contributed by atoms with Crippen LogP contribution < -0.4 is 10.1 Å². The van der Waals surface area contributed by atoms with Crippen molar-refractivity contribution in [2.75, 3.05) is 13.7 Å². The van der Waals surface area contributed by atoms with Crippen molar-refractivity contribution in [2.24, 2.45) is 0 Å². The summed E-state index contributed by atoms with van der Waals surface area (Å²) in [6.45, 7) is 6.47. The molecule has 0 saturated heterocycles. The van der Waals surface area contributed by atoms with E-state index in [4.69, 9.17) is 4.74 Å². The van der Waals surface area contributed by atoms with Gasteiger partial charge in [-0.05, 0) is 50.9 Å². The Balaban J connectivity index is 2.66. The zero-order valence-corrected chi connectivity index (χ0v) is 10.9. The second-order valence-electron chi connectivity index (χ2n) is 4.07. The Hall–Kier alpha value is -1.28. The monoisotopic (exact) mass is 233 g/mol. The summed E-state index contributed by atoms with van der Waals surface area (Å²) in [5.41, 5.74) is 1.29. The van der Waals surface area contributed by atoms with Crippen LogP contribution in [0.1, 0.15) is 37.8 Å². The molecule has 1 unspecified atom stereocenters. The lowest BCUT2D eigenvalue weighted by Gasteiger charge is -2.17. The molecular formula is C15H23NO. The lowest BCUT2D eigenvalue weighted by atomic mass is 10.0. The van der Waals surface area contributed by atoms with Gasteiger partial charge in [0.15, 0.2) is 0 Å². The highest BCUT2D eigenvalue weighted by atomic mass is 16.5. The first kappa shape index (κ1) is 13.8. The Morgan fingerprint density at radius 1 is 1.47 bits per heavy atom. The zero-order chi connectivity index (χ0) is 12.5. The minimum Gasteiger partial charge on any atom is -0.494 e. The van der Waals surface area contributed by atoms with Gasteiger partial charge in [0.25, 0.3) is 0 Å². The number of hydrogen-bond acceptors (Lipinski definition) is 2. The van der Waals surface area contributed by atoms with Crippen molar-refractivity contribution in [1.82, 2.24) is 5.32 Å². The Labute approximate surface area is 105 Å². The highest BCUT2D eigenvalue weighted by Crippen LogP contribution is 2.23. The molecule has 0 aliphatic carbocycles. The molecule has 1 N–H and O–H groups in total. The molecule has 0 spiro atoms. The fraction of sp³-hybridized carbons (Fsp3) is 0.467. The number of unbranched alkanes of at least 4 members (excludes halogenated alkanes) is 1. The van der Waals surface area contributed by atoms with Gasteiger partial charge in [-0.25, -0.2) is 0 Å². The van der Waals surface area contributed by atoms with E-state index < -0.39 is 0 Å². The molecule has 17 heavy (non-hydrogen) atoms. The molecule has 0 amide bonds. The number of ether oxygens (including phenoxy) is 1. The standard InChI is InChI=1S/C15H23NO/c1-4-6-7-11-15(16-3)13-9-8-10-14(12-13)17-5-2/h4,8-10,12,15-16H,1,5-7,11H2,2-3H3. The number of hydrogen-bond donors (Lipinski definition) is 1. The van der Waals surface area contributed by atoms with Gasteiger partial charge in [0, 0.05) is 6.04 Å². The lowest BCUT2D eigenvalue weighted by molar-refractivity contribution is 0.339. The molecule has 0 aliphatic heterocycles. The van der Waals surface area contributed by atoms with E-state index in [9.17, 15) is 0 Å². The van der Waals surface area contributed by atoms with Gasteiger partial charge in [-0.15, -0.1) is 6.58 Å². The summed E-state index contributed by atoms with van der Waals surface area (Å²) < 4.78 is 5.52. The van der Waals surface area contributed by atoms with Crippen LogP contribution in [-0.4, -0.2) is 13.7 Å². The molecule has 2 nitrogen and oxygen atoms in total. The molecule has 0 bridgehead atoms. The third kappa shape index (κ3) is 4.61. The molecule has 0 aliphatic rings. The van der Waals surface area contributed by atoms with Crippen LogP contribution >= 0.6 is 0 Å². The van der Waals surface area contributed by atoms with Gasteiger partial charge < -0.3 is 10.1 Å². The molecular weight excluding hydrogens is 210 g/mol. The molecule has 0 heterocycles. The second kappa shape index (κ2) is 7.91. The summed E-state index contributed by atoms with van der Waals surface area (Å²) in [6.07, 6.45) is 5.33. The maximum Gasteiger partial charge on any atom is 0.119 e. The SMILES string of the molecule is C=CCCCC(NC)c1cccc(OCC)c1. The van der Waals surface area contributed by atoms with Gasteiger partial charge in [0.05, 0.1) is 6.61 Å². The lowest BCUT2D eigenvalue weighted by Crippen LogP contribution is -2.16. The van der Waals surface area contributed by atoms with Crippen LogP contribution in [0.15, 0.2) is 36.9 Å². The molecule has 1 aromatic carbocycles. The fourth-order valence-electron chi connectivity index (χ4n) is 1.93. The first-order chi connectivity index (χ1) is 8.31. The summed E-state index contributed by atoms with van der Waals surface area (Å²) in [6, 6.07) is 8.73. The minimum absolute atomic E-state index is 0.398. The molecule has 0 saturated carbocycles. The van der Waals surface area contributed by atoms with Gasteiger partial charge in [-0.2, -0.15) is 0 Å². The van der Waals surface area contributed by atoms with Gasteiger partial charge in [0.1, 0.15) is 5.75 Å². The molecule has 1 aromatic rings. The molecule has 0 aromatic heterocycles. The first-order valence-electron chi connectivity index (χ1n) is 6.32. The van der Waals surface area contributed by atoms with E-state index >= 15 is 0 Å². The molecule has 0 radical (unpaired) electrons. The summed E-state index contributed by atoms with van der Waals surface area (Å²) in [5.74, 6) is 0.953. The Morgan fingerprint density at radius 2 is 2.29 bits per heavy atom.